The van der Waals surface area contributed by atoms with Gasteiger partial charge in [0.25, 0.3) is 0 Å². The Balaban J connectivity index is 1.94. The van der Waals surface area contributed by atoms with Crippen molar-refractivity contribution in [1.29, 1.82) is 0 Å². The predicted octanol–water partition coefficient (Wildman–Crippen LogP) is 2.78. The van der Waals surface area contributed by atoms with Crippen LogP contribution >= 0.6 is 0 Å². The third-order valence-electron chi connectivity index (χ3n) is 4.71. The molecule has 2 aromatic rings. The fourth-order valence-electron chi connectivity index (χ4n) is 3.25. The van der Waals surface area contributed by atoms with E-state index >= 15 is 0 Å². The molecule has 4 N–H and O–H groups in total. The lowest BCUT2D eigenvalue weighted by Crippen LogP contribution is -2.47. The van der Waals surface area contributed by atoms with Gasteiger partial charge in [-0.1, -0.05) is 12.1 Å². The van der Waals surface area contributed by atoms with E-state index in [1.54, 1.807) is 13.0 Å². The molecule has 11 heteroatoms. The van der Waals surface area contributed by atoms with Gasteiger partial charge >= 0.3 is 6.36 Å². The van der Waals surface area contributed by atoms with Crippen molar-refractivity contribution in [3.8, 4) is 5.75 Å². The lowest BCUT2D eigenvalue weighted by atomic mass is 9.89. The molecule has 1 atom stereocenters. The number of anilines is 1. The number of benzene rings is 2. The van der Waals surface area contributed by atoms with Crippen LogP contribution in [0.4, 0.5) is 23.2 Å². The minimum absolute atomic E-state index is 0.266. The topological polar surface area (TPSA) is 93.5 Å². The Morgan fingerprint density at radius 1 is 1.21 bits per heavy atom. The third kappa shape index (κ3) is 4.62. The molecule has 0 radical (unpaired) electrons. The van der Waals surface area contributed by atoms with Gasteiger partial charge in [-0.15, -0.1) is 13.2 Å². The average molecular weight is 433 g/mol. The van der Waals surface area contributed by atoms with Gasteiger partial charge in [-0.25, -0.2) is 12.8 Å². The zero-order valence-electron chi connectivity index (χ0n) is 15.3. The highest BCUT2D eigenvalue weighted by molar-refractivity contribution is 7.89. The normalized spacial score (nSPS) is 20.0. The number of ether oxygens (including phenoxy) is 1. The molecule has 1 fully saturated rings. The van der Waals surface area contributed by atoms with Crippen molar-refractivity contribution in [3.63, 3.8) is 0 Å². The summed E-state index contributed by atoms with van der Waals surface area (Å²) in [5.74, 6) is -1.10. The largest absolute Gasteiger partial charge is 0.573 e. The van der Waals surface area contributed by atoms with Crippen LogP contribution in [0.1, 0.15) is 17.5 Å². The molecule has 2 aromatic carbocycles. The molecule has 158 valence electrons. The van der Waals surface area contributed by atoms with Gasteiger partial charge in [-0.3, -0.25) is 0 Å². The standard InChI is InChI=1S/C18H19F4N3O3S/c1-11-8-12(2-4-14(11)19)17(6-7-24-10-17)25-29(26,27)13-3-5-16(15(23)9-13)28-18(20,21)22/h2-5,8-9,24-25H,6-7,10,23H2,1H3/t17-/m0/s1. The number of alkyl halides is 3. The average Bonchev–Trinajstić information content (AvgIpc) is 3.07. The summed E-state index contributed by atoms with van der Waals surface area (Å²) in [5, 5.41) is 3.08. The second kappa shape index (κ2) is 7.47. The summed E-state index contributed by atoms with van der Waals surface area (Å²) in [6.07, 6.45) is -4.55. The number of nitrogen functional groups attached to an aromatic ring is 1. The Bertz CT molecular complexity index is 1020. The first-order valence-electron chi connectivity index (χ1n) is 8.58. The van der Waals surface area contributed by atoms with E-state index < -0.39 is 39.2 Å². The number of hydrogen-bond acceptors (Lipinski definition) is 5. The van der Waals surface area contributed by atoms with Crippen molar-refractivity contribution in [2.45, 2.75) is 30.1 Å². The molecule has 0 amide bonds. The van der Waals surface area contributed by atoms with Crippen LogP contribution in [-0.2, 0) is 15.6 Å². The number of aryl methyl sites for hydroxylation is 1. The molecule has 0 aromatic heterocycles. The van der Waals surface area contributed by atoms with Crippen molar-refractivity contribution in [3.05, 3.63) is 53.3 Å². The van der Waals surface area contributed by atoms with E-state index in [9.17, 15) is 26.0 Å². The van der Waals surface area contributed by atoms with E-state index in [-0.39, 0.29) is 11.4 Å². The Morgan fingerprint density at radius 3 is 2.48 bits per heavy atom. The van der Waals surface area contributed by atoms with Crippen molar-refractivity contribution in [2.24, 2.45) is 0 Å². The van der Waals surface area contributed by atoms with E-state index in [2.05, 4.69) is 14.8 Å². The quantitative estimate of drug-likeness (QED) is 0.498. The zero-order valence-corrected chi connectivity index (χ0v) is 16.1. The second-order valence-corrected chi connectivity index (χ2v) is 8.51. The molecule has 1 heterocycles. The van der Waals surface area contributed by atoms with Gasteiger partial charge < -0.3 is 15.8 Å². The van der Waals surface area contributed by atoms with E-state index in [0.29, 0.717) is 24.1 Å². The summed E-state index contributed by atoms with van der Waals surface area (Å²) in [6, 6.07) is 7.06. The number of sulfonamides is 1. The van der Waals surface area contributed by atoms with Crippen LogP contribution in [0.3, 0.4) is 0 Å². The molecular formula is C18H19F4N3O3S. The van der Waals surface area contributed by atoms with E-state index in [0.717, 1.165) is 18.2 Å². The fraction of sp³-hybridized carbons (Fsp3) is 0.333. The maximum absolute atomic E-state index is 13.7. The third-order valence-corrected chi connectivity index (χ3v) is 6.25. The van der Waals surface area contributed by atoms with Crippen LogP contribution < -0.4 is 20.5 Å². The summed E-state index contributed by atoms with van der Waals surface area (Å²) in [7, 11) is -4.16. The zero-order chi connectivity index (χ0) is 21.4. The van der Waals surface area contributed by atoms with Crippen LogP contribution in [0.15, 0.2) is 41.3 Å². The lowest BCUT2D eigenvalue weighted by molar-refractivity contribution is -0.274. The number of rotatable bonds is 5. The molecule has 0 spiro atoms. The van der Waals surface area contributed by atoms with Gasteiger partial charge in [-0.2, -0.15) is 4.72 Å². The molecule has 1 aliphatic heterocycles. The minimum Gasteiger partial charge on any atom is -0.404 e. The van der Waals surface area contributed by atoms with Gasteiger partial charge in [0.05, 0.1) is 16.1 Å². The lowest BCUT2D eigenvalue weighted by Gasteiger charge is -2.30. The van der Waals surface area contributed by atoms with Crippen molar-refractivity contribution in [1.82, 2.24) is 10.0 Å². The number of nitrogens with one attached hydrogen (secondary N) is 2. The molecule has 0 bridgehead atoms. The van der Waals surface area contributed by atoms with Gasteiger partial charge in [-0.05, 0) is 55.3 Å². The Morgan fingerprint density at radius 2 is 1.93 bits per heavy atom. The van der Waals surface area contributed by atoms with Crippen molar-refractivity contribution >= 4 is 15.7 Å². The van der Waals surface area contributed by atoms with Gasteiger partial charge in [0.2, 0.25) is 10.0 Å². The highest BCUT2D eigenvalue weighted by Gasteiger charge is 2.40. The van der Waals surface area contributed by atoms with E-state index in [1.807, 2.05) is 0 Å². The van der Waals surface area contributed by atoms with Gasteiger partial charge in [0, 0.05) is 6.54 Å². The molecule has 1 saturated heterocycles. The smallest absolute Gasteiger partial charge is 0.404 e. The summed E-state index contributed by atoms with van der Waals surface area (Å²) in [4.78, 5) is -0.311. The fourth-order valence-corrected chi connectivity index (χ4v) is 4.71. The number of nitrogens with two attached hydrogens (primary N) is 1. The first-order chi connectivity index (χ1) is 13.4. The first-order valence-corrected chi connectivity index (χ1v) is 10.1. The summed E-state index contributed by atoms with van der Waals surface area (Å²) < 4.78 is 83.0. The van der Waals surface area contributed by atoms with Crippen LogP contribution in [0, 0.1) is 12.7 Å². The Hall–Kier alpha value is -2.37. The van der Waals surface area contributed by atoms with Crippen LogP contribution in [0.25, 0.3) is 0 Å². The summed E-state index contributed by atoms with van der Waals surface area (Å²) >= 11 is 0. The maximum Gasteiger partial charge on any atom is 0.573 e. The Kier molecular flexibility index (Phi) is 5.50. The summed E-state index contributed by atoms with van der Waals surface area (Å²) in [6.45, 7) is 2.37. The number of halogens is 4. The highest BCUT2D eigenvalue weighted by Crippen LogP contribution is 2.33. The van der Waals surface area contributed by atoms with Crippen LogP contribution in [0.5, 0.6) is 5.75 Å². The molecular weight excluding hydrogens is 414 g/mol. The SMILES string of the molecule is Cc1cc([C@]2(NS(=O)(=O)c3ccc(OC(F)(F)F)c(N)c3)CCNC2)ccc1F. The molecule has 0 unspecified atom stereocenters. The van der Waals surface area contributed by atoms with E-state index in [1.165, 1.54) is 12.1 Å². The molecule has 1 aliphatic rings. The predicted molar refractivity (Wildman–Crippen MR) is 98.2 cm³/mol. The summed E-state index contributed by atoms with van der Waals surface area (Å²) in [5.41, 5.74) is 4.98. The second-order valence-electron chi connectivity index (χ2n) is 6.83. The minimum atomic E-state index is -4.95. The van der Waals surface area contributed by atoms with Crippen LogP contribution in [0.2, 0.25) is 0 Å². The monoisotopic (exact) mass is 433 g/mol. The molecule has 29 heavy (non-hydrogen) atoms. The van der Waals surface area contributed by atoms with Gasteiger partial charge in [0.1, 0.15) is 5.82 Å². The van der Waals surface area contributed by atoms with Gasteiger partial charge in [0.15, 0.2) is 5.75 Å². The van der Waals surface area contributed by atoms with Crippen molar-refractivity contribution < 1.29 is 30.7 Å². The molecule has 3 rings (SSSR count). The molecule has 0 aliphatic carbocycles. The molecule has 0 saturated carbocycles. The van der Waals surface area contributed by atoms with Crippen molar-refractivity contribution in [2.75, 3.05) is 18.8 Å². The number of hydrogen-bond donors (Lipinski definition) is 3. The molecule has 6 nitrogen and oxygen atoms in total. The van der Waals surface area contributed by atoms with E-state index in [4.69, 9.17) is 5.73 Å². The Labute approximate surface area is 165 Å². The van der Waals surface area contributed by atoms with Crippen LogP contribution in [-0.4, -0.2) is 27.9 Å². The highest BCUT2D eigenvalue weighted by atomic mass is 32.2. The maximum atomic E-state index is 13.7. The first kappa shape index (κ1) is 21.3.